The highest BCUT2D eigenvalue weighted by Gasteiger charge is 2.46. The number of hydrogen-bond acceptors (Lipinski definition) is 3. The zero-order chi connectivity index (χ0) is 15.8. The predicted molar refractivity (Wildman–Crippen MR) is 83.4 cm³/mol. The molecule has 6 nitrogen and oxygen atoms in total. The van der Waals surface area contributed by atoms with Crippen molar-refractivity contribution < 1.29 is 9.59 Å². The SMILES string of the molecule is O=C1[C@H]2Cc3ccccc3CN2C(=O)N1CCCn1ccnc1. The number of hydrogen-bond donors (Lipinski definition) is 0. The molecule has 0 radical (unpaired) electrons. The molecule has 0 saturated carbocycles. The minimum atomic E-state index is -0.328. The van der Waals surface area contributed by atoms with E-state index in [-0.39, 0.29) is 18.0 Å². The van der Waals surface area contributed by atoms with Crippen LogP contribution in [-0.4, -0.2) is 43.9 Å². The van der Waals surface area contributed by atoms with Crippen LogP contribution in [0.5, 0.6) is 0 Å². The molecule has 2 aliphatic heterocycles. The molecule has 3 amide bonds. The van der Waals surface area contributed by atoms with E-state index < -0.39 is 0 Å². The normalized spacial score (nSPS) is 19.9. The molecule has 1 atom stereocenters. The minimum absolute atomic E-state index is 0.0601. The first-order valence-electron chi connectivity index (χ1n) is 7.88. The summed E-state index contributed by atoms with van der Waals surface area (Å²) in [5.41, 5.74) is 2.32. The molecule has 2 aliphatic rings. The number of nitrogens with zero attached hydrogens (tertiary/aromatic N) is 4. The largest absolute Gasteiger partial charge is 0.337 e. The molecule has 6 heteroatoms. The third-order valence-corrected chi connectivity index (χ3v) is 4.63. The second-order valence-electron chi connectivity index (χ2n) is 6.04. The van der Waals surface area contributed by atoms with E-state index >= 15 is 0 Å². The van der Waals surface area contributed by atoms with Gasteiger partial charge in [-0.05, 0) is 17.5 Å². The lowest BCUT2D eigenvalue weighted by molar-refractivity contribution is -0.128. The number of urea groups is 1. The van der Waals surface area contributed by atoms with Crippen molar-refractivity contribution in [3.05, 3.63) is 54.1 Å². The number of aryl methyl sites for hydroxylation is 1. The monoisotopic (exact) mass is 310 g/mol. The Morgan fingerprint density at radius 1 is 1.13 bits per heavy atom. The summed E-state index contributed by atoms with van der Waals surface area (Å²) < 4.78 is 1.95. The molecule has 1 fully saturated rings. The van der Waals surface area contributed by atoms with Crippen LogP contribution in [0.4, 0.5) is 4.79 Å². The molecule has 3 heterocycles. The lowest BCUT2D eigenvalue weighted by Crippen LogP contribution is -2.39. The minimum Gasteiger partial charge on any atom is -0.337 e. The highest BCUT2D eigenvalue weighted by Crippen LogP contribution is 2.29. The molecular weight excluding hydrogens is 292 g/mol. The van der Waals surface area contributed by atoms with Crippen molar-refractivity contribution in [1.82, 2.24) is 19.4 Å². The first-order valence-corrected chi connectivity index (χ1v) is 7.88. The summed E-state index contributed by atoms with van der Waals surface area (Å²) in [6, 6.07) is 7.56. The van der Waals surface area contributed by atoms with Crippen LogP contribution in [-0.2, 0) is 24.3 Å². The van der Waals surface area contributed by atoms with Gasteiger partial charge in [0.2, 0.25) is 0 Å². The van der Waals surface area contributed by atoms with Crippen LogP contribution in [0.2, 0.25) is 0 Å². The van der Waals surface area contributed by atoms with Crippen molar-refractivity contribution in [3.63, 3.8) is 0 Å². The molecule has 1 aromatic carbocycles. The van der Waals surface area contributed by atoms with Gasteiger partial charge < -0.3 is 9.47 Å². The van der Waals surface area contributed by atoms with Gasteiger partial charge in [0.1, 0.15) is 6.04 Å². The molecule has 23 heavy (non-hydrogen) atoms. The number of amides is 3. The lowest BCUT2D eigenvalue weighted by Gasteiger charge is -2.28. The van der Waals surface area contributed by atoms with Crippen molar-refractivity contribution in [1.29, 1.82) is 0 Å². The number of imide groups is 1. The van der Waals surface area contributed by atoms with Crippen LogP contribution in [0.15, 0.2) is 43.0 Å². The van der Waals surface area contributed by atoms with E-state index in [1.54, 1.807) is 17.4 Å². The molecule has 1 aromatic heterocycles. The van der Waals surface area contributed by atoms with Gasteiger partial charge >= 0.3 is 6.03 Å². The van der Waals surface area contributed by atoms with E-state index in [0.29, 0.717) is 19.5 Å². The summed E-state index contributed by atoms with van der Waals surface area (Å²) in [7, 11) is 0. The van der Waals surface area contributed by atoms with Gasteiger partial charge in [-0.1, -0.05) is 24.3 Å². The second-order valence-corrected chi connectivity index (χ2v) is 6.04. The van der Waals surface area contributed by atoms with Crippen LogP contribution in [0.25, 0.3) is 0 Å². The lowest BCUT2D eigenvalue weighted by atomic mass is 9.95. The van der Waals surface area contributed by atoms with Crippen molar-refractivity contribution in [3.8, 4) is 0 Å². The summed E-state index contributed by atoms with van der Waals surface area (Å²) >= 11 is 0. The van der Waals surface area contributed by atoms with Crippen molar-refractivity contribution in [2.45, 2.75) is 32.0 Å². The summed E-state index contributed by atoms with van der Waals surface area (Å²) in [5.74, 6) is -0.0601. The molecule has 0 N–H and O–H groups in total. The van der Waals surface area contributed by atoms with Gasteiger partial charge in [-0.2, -0.15) is 0 Å². The van der Waals surface area contributed by atoms with Gasteiger partial charge in [-0.3, -0.25) is 9.69 Å². The Morgan fingerprint density at radius 2 is 1.96 bits per heavy atom. The van der Waals surface area contributed by atoms with Gasteiger partial charge in [0.15, 0.2) is 0 Å². The summed E-state index contributed by atoms with van der Waals surface area (Å²) in [6.45, 7) is 1.74. The van der Waals surface area contributed by atoms with Gasteiger partial charge in [0, 0.05) is 38.4 Å². The number of imidazole rings is 1. The Morgan fingerprint density at radius 3 is 2.74 bits per heavy atom. The highest BCUT2D eigenvalue weighted by atomic mass is 16.2. The molecule has 118 valence electrons. The molecule has 0 aliphatic carbocycles. The summed E-state index contributed by atoms with van der Waals surface area (Å²) in [5, 5.41) is 0. The smallest absolute Gasteiger partial charge is 0.327 e. The van der Waals surface area contributed by atoms with Crippen LogP contribution in [0.1, 0.15) is 17.5 Å². The molecule has 4 rings (SSSR count). The third kappa shape index (κ3) is 2.40. The van der Waals surface area contributed by atoms with E-state index in [1.165, 1.54) is 10.5 Å². The van der Waals surface area contributed by atoms with Crippen LogP contribution >= 0.6 is 0 Å². The molecule has 1 saturated heterocycles. The second kappa shape index (κ2) is 5.53. The van der Waals surface area contributed by atoms with Gasteiger partial charge in [-0.15, -0.1) is 0 Å². The molecule has 2 aromatic rings. The Kier molecular flexibility index (Phi) is 3.37. The average Bonchev–Trinajstić information content (AvgIpc) is 3.16. The van der Waals surface area contributed by atoms with E-state index in [4.69, 9.17) is 0 Å². The number of rotatable bonds is 4. The average molecular weight is 310 g/mol. The summed E-state index contributed by atoms with van der Waals surface area (Å²) in [4.78, 5) is 32.3. The Hall–Kier alpha value is -2.63. The van der Waals surface area contributed by atoms with E-state index in [0.717, 1.165) is 18.5 Å². The molecular formula is C17H18N4O2. The third-order valence-electron chi connectivity index (χ3n) is 4.63. The predicted octanol–water partition coefficient (Wildman–Crippen LogP) is 1.66. The zero-order valence-electron chi connectivity index (χ0n) is 12.8. The number of carbonyl (C=O) groups is 2. The number of aromatic nitrogens is 2. The maximum Gasteiger partial charge on any atom is 0.327 e. The van der Waals surface area contributed by atoms with Crippen molar-refractivity contribution >= 4 is 11.9 Å². The van der Waals surface area contributed by atoms with Gasteiger partial charge in [0.25, 0.3) is 5.91 Å². The molecule has 0 spiro atoms. The van der Waals surface area contributed by atoms with E-state index in [2.05, 4.69) is 4.98 Å². The first kappa shape index (κ1) is 14.0. The fraction of sp³-hybridized carbons (Fsp3) is 0.353. The first-order chi connectivity index (χ1) is 11.2. The molecule has 0 unspecified atom stereocenters. The maximum atomic E-state index is 12.6. The fourth-order valence-electron chi connectivity index (χ4n) is 3.41. The number of benzene rings is 1. The van der Waals surface area contributed by atoms with Gasteiger partial charge in [0.05, 0.1) is 6.33 Å². The topological polar surface area (TPSA) is 58.4 Å². The van der Waals surface area contributed by atoms with Crippen molar-refractivity contribution in [2.75, 3.05) is 6.54 Å². The zero-order valence-corrected chi connectivity index (χ0v) is 12.8. The van der Waals surface area contributed by atoms with E-state index in [1.807, 2.05) is 35.0 Å². The van der Waals surface area contributed by atoms with Crippen LogP contribution in [0.3, 0.4) is 0 Å². The van der Waals surface area contributed by atoms with Crippen molar-refractivity contribution in [2.24, 2.45) is 0 Å². The van der Waals surface area contributed by atoms with Gasteiger partial charge in [-0.25, -0.2) is 9.78 Å². The van der Waals surface area contributed by atoms with Crippen LogP contribution < -0.4 is 0 Å². The fourth-order valence-corrected chi connectivity index (χ4v) is 3.41. The summed E-state index contributed by atoms with van der Waals surface area (Å²) in [6.07, 6.45) is 6.71. The quantitative estimate of drug-likeness (QED) is 0.807. The number of fused-ring (bicyclic) bond motifs is 2. The number of carbonyl (C=O) groups excluding carboxylic acids is 2. The van der Waals surface area contributed by atoms with E-state index in [9.17, 15) is 9.59 Å². The Bertz CT molecular complexity index is 698. The van der Waals surface area contributed by atoms with Crippen LogP contribution in [0, 0.1) is 0 Å². The standard InChI is InChI=1S/C17H18N4O2/c22-16-15-10-13-4-1-2-5-14(13)11-21(15)17(23)20(16)8-3-7-19-9-6-18-12-19/h1-2,4-6,9,12,15H,3,7-8,10-11H2/t15-/m1/s1. The Labute approximate surface area is 134 Å². The Balaban J connectivity index is 1.45. The highest BCUT2D eigenvalue weighted by molar-refractivity contribution is 6.04. The maximum absolute atomic E-state index is 12.6. The molecule has 0 bridgehead atoms.